The number of aromatic nitrogens is 1. The lowest BCUT2D eigenvalue weighted by Crippen LogP contribution is -2.11. The molecule has 0 fully saturated rings. The Bertz CT molecular complexity index is 550. The van der Waals surface area contributed by atoms with Gasteiger partial charge in [-0.1, -0.05) is 65.8 Å². The SMILES string of the molecule is CC(C)(C)c1ccc(-c2nc(C(C)(C)C)cs2)cc1. The van der Waals surface area contributed by atoms with Crippen LogP contribution in [-0.2, 0) is 10.8 Å². The van der Waals surface area contributed by atoms with Gasteiger partial charge in [-0.05, 0) is 11.0 Å². The molecule has 0 aliphatic rings. The van der Waals surface area contributed by atoms with Crippen LogP contribution >= 0.6 is 11.3 Å². The third-order valence-electron chi connectivity index (χ3n) is 3.27. The minimum absolute atomic E-state index is 0.125. The molecule has 0 saturated carbocycles. The highest BCUT2D eigenvalue weighted by Crippen LogP contribution is 2.31. The Morgan fingerprint density at radius 1 is 0.842 bits per heavy atom. The molecule has 0 spiro atoms. The molecule has 102 valence electrons. The summed E-state index contributed by atoms with van der Waals surface area (Å²) in [5.41, 5.74) is 4.09. The van der Waals surface area contributed by atoms with Crippen molar-refractivity contribution in [3.63, 3.8) is 0 Å². The van der Waals surface area contributed by atoms with E-state index in [1.807, 2.05) is 0 Å². The van der Waals surface area contributed by atoms with Crippen LogP contribution in [0.15, 0.2) is 29.6 Å². The fraction of sp³-hybridized carbons (Fsp3) is 0.471. The highest BCUT2D eigenvalue weighted by molar-refractivity contribution is 7.13. The van der Waals surface area contributed by atoms with E-state index in [-0.39, 0.29) is 10.8 Å². The quantitative estimate of drug-likeness (QED) is 0.677. The normalized spacial score (nSPS) is 12.7. The largest absolute Gasteiger partial charge is 0.241 e. The number of nitrogens with zero attached hydrogens (tertiary/aromatic N) is 1. The molecular weight excluding hydrogens is 250 g/mol. The molecule has 0 aliphatic carbocycles. The Kier molecular flexibility index (Phi) is 3.57. The number of rotatable bonds is 1. The van der Waals surface area contributed by atoms with E-state index < -0.39 is 0 Å². The lowest BCUT2D eigenvalue weighted by atomic mass is 9.87. The molecule has 1 heterocycles. The van der Waals surface area contributed by atoms with Gasteiger partial charge in [0.1, 0.15) is 5.01 Å². The Labute approximate surface area is 120 Å². The summed E-state index contributed by atoms with van der Waals surface area (Å²) in [4.78, 5) is 4.76. The Morgan fingerprint density at radius 2 is 1.42 bits per heavy atom. The maximum absolute atomic E-state index is 4.76. The predicted octanol–water partition coefficient (Wildman–Crippen LogP) is 5.41. The van der Waals surface area contributed by atoms with Crippen molar-refractivity contribution in [3.8, 4) is 10.6 Å². The lowest BCUT2D eigenvalue weighted by Gasteiger charge is -2.18. The first-order valence-corrected chi connectivity index (χ1v) is 7.63. The molecule has 1 aromatic carbocycles. The van der Waals surface area contributed by atoms with Crippen molar-refractivity contribution in [1.82, 2.24) is 4.98 Å². The standard InChI is InChI=1S/C17H23NS/c1-16(2,3)13-9-7-12(8-10-13)15-18-14(11-19-15)17(4,5)6/h7-11H,1-6H3. The van der Waals surface area contributed by atoms with E-state index in [0.29, 0.717) is 0 Å². The average molecular weight is 273 g/mol. The summed E-state index contributed by atoms with van der Waals surface area (Å²) in [7, 11) is 0. The van der Waals surface area contributed by atoms with Crippen molar-refractivity contribution in [1.29, 1.82) is 0 Å². The molecular formula is C17H23NS. The Hall–Kier alpha value is -1.15. The molecule has 0 saturated heterocycles. The van der Waals surface area contributed by atoms with Crippen LogP contribution in [-0.4, -0.2) is 4.98 Å². The summed E-state index contributed by atoms with van der Waals surface area (Å²) < 4.78 is 0. The van der Waals surface area contributed by atoms with Crippen LogP contribution in [0.1, 0.15) is 52.8 Å². The van der Waals surface area contributed by atoms with Gasteiger partial charge in [0.05, 0.1) is 5.69 Å². The smallest absolute Gasteiger partial charge is 0.123 e. The first-order valence-electron chi connectivity index (χ1n) is 6.75. The molecule has 0 aliphatic heterocycles. The molecule has 2 rings (SSSR count). The van der Waals surface area contributed by atoms with Gasteiger partial charge in [0.2, 0.25) is 0 Å². The summed E-state index contributed by atoms with van der Waals surface area (Å²) in [5, 5.41) is 3.29. The van der Waals surface area contributed by atoms with E-state index >= 15 is 0 Å². The van der Waals surface area contributed by atoms with E-state index in [4.69, 9.17) is 4.98 Å². The van der Waals surface area contributed by atoms with Crippen molar-refractivity contribution in [2.45, 2.75) is 52.4 Å². The van der Waals surface area contributed by atoms with Crippen LogP contribution in [0.5, 0.6) is 0 Å². The third-order valence-corrected chi connectivity index (χ3v) is 4.16. The molecule has 0 amide bonds. The van der Waals surface area contributed by atoms with Gasteiger partial charge >= 0.3 is 0 Å². The number of thiazole rings is 1. The number of hydrogen-bond acceptors (Lipinski definition) is 2. The monoisotopic (exact) mass is 273 g/mol. The van der Waals surface area contributed by atoms with E-state index in [0.717, 1.165) is 5.01 Å². The van der Waals surface area contributed by atoms with Gasteiger partial charge in [0.15, 0.2) is 0 Å². The minimum Gasteiger partial charge on any atom is -0.241 e. The zero-order valence-corrected chi connectivity index (χ0v) is 13.6. The topological polar surface area (TPSA) is 12.9 Å². The van der Waals surface area contributed by atoms with Gasteiger partial charge in [-0.15, -0.1) is 11.3 Å². The van der Waals surface area contributed by atoms with Crippen LogP contribution in [0.3, 0.4) is 0 Å². The summed E-state index contributed by atoms with van der Waals surface area (Å²) in [6, 6.07) is 8.80. The summed E-state index contributed by atoms with van der Waals surface area (Å²) in [6.45, 7) is 13.3. The second-order valence-electron chi connectivity index (χ2n) is 7.12. The predicted molar refractivity (Wildman–Crippen MR) is 85.0 cm³/mol. The Balaban J connectivity index is 2.31. The van der Waals surface area contributed by atoms with Gasteiger partial charge in [-0.25, -0.2) is 4.98 Å². The first kappa shape index (κ1) is 14.3. The maximum Gasteiger partial charge on any atom is 0.123 e. The summed E-state index contributed by atoms with van der Waals surface area (Å²) >= 11 is 1.73. The van der Waals surface area contributed by atoms with Crippen molar-refractivity contribution >= 4 is 11.3 Å². The first-order chi connectivity index (χ1) is 8.68. The molecule has 0 N–H and O–H groups in total. The fourth-order valence-electron chi connectivity index (χ4n) is 1.86. The number of benzene rings is 1. The highest BCUT2D eigenvalue weighted by Gasteiger charge is 2.18. The molecule has 2 heteroatoms. The molecule has 0 bridgehead atoms. The van der Waals surface area contributed by atoms with Crippen molar-refractivity contribution in [2.75, 3.05) is 0 Å². The second kappa shape index (κ2) is 4.75. The maximum atomic E-state index is 4.76. The van der Waals surface area contributed by atoms with Crippen LogP contribution in [0.2, 0.25) is 0 Å². The molecule has 0 unspecified atom stereocenters. The molecule has 1 nitrogen and oxygen atoms in total. The molecule has 2 aromatic rings. The van der Waals surface area contributed by atoms with Crippen LogP contribution in [0.25, 0.3) is 10.6 Å². The lowest BCUT2D eigenvalue weighted by molar-refractivity contribution is 0.573. The zero-order chi connectivity index (χ0) is 14.3. The van der Waals surface area contributed by atoms with E-state index in [9.17, 15) is 0 Å². The van der Waals surface area contributed by atoms with E-state index in [2.05, 4.69) is 71.2 Å². The van der Waals surface area contributed by atoms with Crippen molar-refractivity contribution in [3.05, 3.63) is 40.9 Å². The average Bonchev–Trinajstić information content (AvgIpc) is 2.77. The summed E-state index contributed by atoms with van der Waals surface area (Å²) in [5.74, 6) is 0. The zero-order valence-electron chi connectivity index (χ0n) is 12.7. The molecule has 1 aromatic heterocycles. The van der Waals surface area contributed by atoms with Crippen LogP contribution in [0, 0.1) is 0 Å². The highest BCUT2D eigenvalue weighted by atomic mass is 32.1. The van der Waals surface area contributed by atoms with Crippen LogP contribution in [0.4, 0.5) is 0 Å². The molecule has 19 heavy (non-hydrogen) atoms. The van der Waals surface area contributed by atoms with Gasteiger partial charge in [-0.2, -0.15) is 0 Å². The van der Waals surface area contributed by atoms with Gasteiger partial charge in [0.25, 0.3) is 0 Å². The van der Waals surface area contributed by atoms with Crippen molar-refractivity contribution < 1.29 is 0 Å². The van der Waals surface area contributed by atoms with Crippen LogP contribution < -0.4 is 0 Å². The fourth-order valence-corrected chi connectivity index (χ4v) is 2.92. The van der Waals surface area contributed by atoms with Gasteiger partial charge in [0, 0.05) is 16.4 Å². The Morgan fingerprint density at radius 3 is 1.84 bits per heavy atom. The minimum atomic E-state index is 0.125. The summed E-state index contributed by atoms with van der Waals surface area (Å²) in [6.07, 6.45) is 0. The second-order valence-corrected chi connectivity index (χ2v) is 7.97. The van der Waals surface area contributed by atoms with E-state index in [1.165, 1.54) is 16.8 Å². The number of hydrogen-bond donors (Lipinski definition) is 0. The van der Waals surface area contributed by atoms with Crippen molar-refractivity contribution in [2.24, 2.45) is 0 Å². The van der Waals surface area contributed by atoms with E-state index in [1.54, 1.807) is 11.3 Å². The van der Waals surface area contributed by atoms with Gasteiger partial charge in [-0.3, -0.25) is 0 Å². The third kappa shape index (κ3) is 3.24. The molecule has 0 radical (unpaired) electrons. The molecule has 0 atom stereocenters. The van der Waals surface area contributed by atoms with Gasteiger partial charge < -0.3 is 0 Å².